The first-order valence-electron chi connectivity index (χ1n) is 7.05. The second-order valence-electron chi connectivity index (χ2n) is 6.97. The summed E-state index contributed by atoms with van der Waals surface area (Å²) in [6, 6.07) is 6.77. The van der Waals surface area contributed by atoms with Gasteiger partial charge in [-0.1, -0.05) is 73.5 Å². The van der Waals surface area contributed by atoms with E-state index >= 15 is 0 Å². The van der Waals surface area contributed by atoms with Crippen molar-refractivity contribution in [2.24, 2.45) is 0 Å². The fraction of sp³-hybridized carbons (Fsp3) is 0.529. The summed E-state index contributed by atoms with van der Waals surface area (Å²) in [6.07, 6.45) is 3.13. The molecule has 0 bridgehead atoms. The minimum absolute atomic E-state index is 0.106. The Morgan fingerprint density at radius 1 is 1.00 bits per heavy atom. The topological polar surface area (TPSA) is 0 Å². The number of hydrogen-bond acceptors (Lipinski definition) is 0. The van der Waals surface area contributed by atoms with Gasteiger partial charge in [0.2, 0.25) is 0 Å². The number of rotatable bonds is 3. The van der Waals surface area contributed by atoms with Gasteiger partial charge in [0.05, 0.1) is 0 Å². The molecule has 0 unspecified atom stereocenters. The third-order valence-corrected chi connectivity index (χ3v) is 6.37. The zero-order valence-corrected chi connectivity index (χ0v) is 18.0. The average Bonchev–Trinajstić information content (AvgIpc) is 2.34. The Labute approximate surface area is 152 Å². The van der Waals surface area contributed by atoms with Crippen molar-refractivity contribution in [2.75, 3.05) is 0 Å². The molecule has 0 aliphatic heterocycles. The van der Waals surface area contributed by atoms with Crippen molar-refractivity contribution < 1.29 is 20.3 Å². The van der Waals surface area contributed by atoms with Gasteiger partial charge in [-0.05, 0) is 34.4 Å². The second kappa shape index (κ2) is 10.4. The van der Waals surface area contributed by atoms with E-state index in [1.54, 1.807) is 0 Å². The van der Waals surface area contributed by atoms with Crippen LogP contribution in [0.4, 0.5) is 4.39 Å². The number of halogens is 3. The quantitative estimate of drug-likeness (QED) is 0.329. The van der Waals surface area contributed by atoms with Crippen LogP contribution in [0.5, 0.6) is 0 Å². The van der Waals surface area contributed by atoms with E-state index in [1.165, 1.54) is 12.1 Å². The van der Waals surface area contributed by atoms with Crippen molar-refractivity contribution >= 4 is 27.0 Å². The fourth-order valence-electron chi connectivity index (χ4n) is 2.37. The van der Waals surface area contributed by atoms with Crippen LogP contribution in [0.15, 0.2) is 36.2 Å². The van der Waals surface area contributed by atoms with Crippen molar-refractivity contribution in [3.05, 3.63) is 47.5 Å². The molecule has 0 fully saturated rings. The van der Waals surface area contributed by atoms with Crippen molar-refractivity contribution in [1.29, 1.82) is 0 Å². The van der Waals surface area contributed by atoms with E-state index in [4.69, 9.17) is 19.1 Å². The average molecular weight is 458 g/mol. The third kappa shape index (κ3) is 9.65. The standard InChI is InChI=1S/C17H26FP.2ClH.Pd/c1-16(2,3)19(17(4,5)6)13-7-8-14-9-11-15(18)12-10-14;;;/h7,9-13H,8H2,1-6H3;2*1H;/q;;;+2/p-2. The SMILES string of the molecule is CC(C)(C)P(C=CCc1ccc(F)cc1)C(C)(C)C.[Cl][Pd][Cl]. The van der Waals surface area contributed by atoms with Crippen LogP contribution in [-0.4, -0.2) is 10.3 Å². The van der Waals surface area contributed by atoms with Gasteiger partial charge in [-0.15, -0.1) is 0 Å². The zero-order chi connectivity index (χ0) is 17.4. The summed E-state index contributed by atoms with van der Waals surface area (Å²) in [5, 5.41) is 0.625. The minimum atomic E-state index is -0.200. The summed E-state index contributed by atoms with van der Waals surface area (Å²) in [5.74, 6) is 2.22. The first-order valence-corrected chi connectivity index (χ1v) is 12.5. The van der Waals surface area contributed by atoms with Gasteiger partial charge in [-0.3, -0.25) is 0 Å². The molecule has 0 nitrogen and oxygen atoms in total. The van der Waals surface area contributed by atoms with Gasteiger partial charge < -0.3 is 0 Å². The first-order chi connectivity index (χ1) is 10.0. The molecule has 0 N–H and O–H groups in total. The van der Waals surface area contributed by atoms with Crippen molar-refractivity contribution in [2.45, 2.75) is 58.3 Å². The van der Waals surface area contributed by atoms with Gasteiger partial charge in [0.25, 0.3) is 0 Å². The molecule has 1 aromatic rings. The van der Waals surface area contributed by atoms with Gasteiger partial charge in [-0.25, -0.2) is 4.39 Å². The molecule has 0 radical (unpaired) electrons. The second-order valence-corrected chi connectivity index (χ2v) is 13.1. The Balaban J connectivity index is 0.00000135. The van der Waals surface area contributed by atoms with Crippen molar-refractivity contribution in [3.8, 4) is 0 Å². The van der Waals surface area contributed by atoms with E-state index in [0.29, 0.717) is 10.3 Å². The molecule has 1 rings (SSSR count). The molecule has 22 heavy (non-hydrogen) atoms. The predicted molar refractivity (Wildman–Crippen MR) is 97.4 cm³/mol. The number of allylic oxidation sites excluding steroid dienone is 1. The van der Waals surface area contributed by atoms with Crippen LogP contribution in [0.2, 0.25) is 0 Å². The molecular weight excluding hydrogens is 431 g/mol. The van der Waals surface area contributed by atoms with Gasteiger partial charge >= 0.3 is 35.0 Å². The third-order valence-electron chi connectivity index (χ3n) is 2.97. The zero-order valence-electron chi connectivity index (χ0n) is 14.1. The van der Waals surface area contributed by atoms with E-state index in [0.717, 1.165) is 12.0 Å². The van der Waals surface area contributed by atoms with Gasteiger partial charge in [0, 0.05) is 0 Å². The molecule has 0 atom stereocenters. The Bertz CT molecular complexity index is 433. The Morgan fingerprint density at radius 2 is 1.41 bits per heavy atom. The monoisotopic (exact) mass is 456 g/mol. The molecule has 130 valence electrons. The van der Waals surface area contributed by atoms with E-state index < -0.39 is 0 Å². The summed E-state index contributed by atoms with van der Waals surface area (Å²) in [6.45, 7) is 13.9. The number of benzene rings is 1. The molecule has 5 heteroatoms. The van der Waals surface area contributed by atoms with Crippen LogP contribution < -0.4 is 0 Å². The van der Waals surface area contributed by atoms with Crippen molar-refractivity contribution in [1.82, 2.24) is 0 Å². The van der Waals surface area contributed by atoms with Gasteiger partial charge in [0.1, 0.15) is 5.82 Å². The summed E-state index contributed by atoms with van der Waals surface area (Å²) < 4.78 is 12.8. The fourth-order valence-corrected chi connectivity index (χ4v) is 5.59. The molecule has 0 aliphatic carbocycles. The predicted octanol–water partition coefficient (Wildman–Crippen LogP) is 7.34. The maximum absolute atomic E-state index is 12.8. The van der Waals surface area contributed by atoms with Gasteiger partial charge in [-0.2, -0.15) is 0 Å². The molecule has 0 spiro atoms. The molecule has 0 heterocycles. The number of hydrogen-bond donors (Lipinski definition) is 0. The van der Waals surface area contributed by atoms with Crippen LogP contribution in [0.1, 0.15) is 47.1 Å². The summed E-state index contributed by atoms with van der Waals surface area (Å²) in [5.41, 5.74) is 1.16. The van der Waals surface area contributed by atoms with Crippen LogP contribution >= 0.6 is 27.0 Å². The Kier molecular flexibility index (Phi) is 10.7. The Morgan fingerprint density at radius 3 is 1.77 bits per heavy atom. The van der Waals surface area contributed by atoms with E-state index in [9.17, 15) is 4.39 Å². The van der Waals surface area contributed by atoms with Crippen LogP contribution in [0.3, 0.4) is 0 Å². The summed E-state index contributed by atoms with van der Waals surface area (Å²) in [4.78, 5) is 0. The molecule has 0 aliphatic rings. The van der Waals surface area contributed by atoms with E-state index in [-0.39, 0.29) is 29.7 Å². The molecule has 0 aromatic heterocycles. The van der Waals surface area contributed by atoms with Crippen LogP contribution in [0, 0.1) is 5.82 Å². The maximum atomic E-state index is 12.8. The normalized spacial score (nSPS) is 12.6. The van der Waals surface area contributed by atoms with E-state index in [1.807, 2.05) is 12.1 Å². The summed E-state index contributed by atoms with van der Waals surface area (Å²) >= 11 is -0.106. The molecule has 1 aromatic carbocycles. The molecular formula is C17H26Cl2FPPd. The van der Waals surface area contributed by atoms with Crippen LogP contribution in [-0.2, 0) is 22.4 Å². The van der Waals surface area contributed by atoms with Crippen molar-refractivity contribution in [3.63, 3.8) is 0 Å². The van der Waals surface area contributed by atoms with Gasteiger partial charge in [0.15, 0.2) is 0 Å². The molecule has 0 saturated heterocycles. The summed E-state index contributed by atoms with van der Waals surface area (Å²) in [7, 11) is 9.43. The van der Waals surface area contributed by atoms with Crippen LogP contribution in [0.25, 0.3) is 0 Å². The molecule has 0 saturated carbocycles. The van der Waals surface area contributed by atoms with E-state index in [2.05, 4.69) is 53.4 Å². The first kappa shape index (κ1) is 22.6. The molecule has 0 amide bonds. The Hall–Kier alpha value is 0.562.